The highest BCUT2D eigenvalue weighted by atomic mass is 32.1. The van der Waals surface area contributed by atoms with Gasteiger partial charge in [-0.05, 0) is 17.5 Å². The summed E-state index contributed by atoms with van der Waals surface area (Å²) in [7, 11) is 0. The number of nitrogens with one attached hydrogen (secondary N) is 1. The fraction of sp³-hybridized carbons (Fsp3) is 0.357. The van der Waals surface area contributed by atoms with Crippen LogP contribution in [-0.2, 0) is 16.1 Å². The molecule has 2 aromatic heterocycles. The van der Waals surface area contributed by atoms with Gasteiger partial charge in [0, 0.05) is 23.7 Å². The summed E-state index contributed by atoms with van der Waals surface area (Å²) >= 11 is 1.63. The first-order chi connectivity index (χ1) is 10.7. The number of rotatable bonds is 6. The van der Waals surface area contributed by atoms with Crippen LogP contribution in [0, 0.1) is 0 Å². The molecule has 2 aromatic rings. The second-order valence-electron chi connectivity index (χ2n) is 4.86. The molecule has 0 unspecified atom stereocenters. The summed E-state index contributed by atoms with van der Waals surface area (Å²) in [6.07, 6.45) is 1.46. The van der Waals surface area contributed by atoms with Crippen LogP contribution in [0.15, 0.2) is 29.1 Å². The lowest BCUT2D eigenvalue weighted by Crippen LogP contribution is -2.38. The lowest BCUT2D eigenvalue weighted by molar-refractivity contribution is -0.121. The van der Waals surface area contributed by atoms with Gasteiger partial charge in [0.25, 0.3) is 0 Å². The second kappa shape index (κ2) is 6.61. The molecule has 0 saturated carbocycles. The fourth-order valence-electron chi connectivity index (χ4n) is 2.16. The van der Waals surface area contributed by atoms with Crippen molar-refractivity contribution in [1.82, 2.24) is 20.0 Å². The maximum absolute atomic E-state index is 11.7. The van der Waals surface area contributed by atoms with E-state index >= 15 is 0 Å². The van der Waals surface area contributed by atoms with Gasteiger partial charge in [-0.1, -0.05) is 0 Å². The van der Waals surface area contributed by atoms with Crippen molar-refractivity contribution in [2.45, 2.75) is 6.54 Å². The molecule has 116 valence electrons. The number of amides is 2. The van der Waals surface area contributed by atoms with Crippen molar-refractivity contribution >= 4 is 23.3 Å². The highest BCUT2D eigenvalue weighted by Crippen LogP contribution is 2.19. The van der Waals surface area contributed by atoms with Gasteiger partial charge in [-0.3, -0.25) is 14.4 Å². The standard InChI is InChI=1S/C14H16N4O3S/c19-13(9-17-6-7-21-14(17)20)15-3-5-18-4-1-12(16-18)11-2-8-22-10-11/h1-2,4,8,10H,3,5-7,9H2,(H,15,19). The SMILES string of the molecule is O=C(CN1CCOC1=O)NCCn1ccc(-c2ccsc2)n1. The van der Waals surface area contributed by atoms with Crippen molar-refractivity contribution in [1.29, 1.82) is 0 Å². The number of thiophene rings is 1. The smallest absolute Gasteiger partial charge is 0.410 e. The first kappa shape index (κ1) is 14.6. The average molecular weight is 320 g/mol. The minimum Gasteiger partial charge on any atom is -0.448 e. The van der Waals surface area contributed by atoms with E-state index in [0.29, 0.717) is 26.2 Å². The van der Waals surface area contributed by atoms with Crippen LogP contribution in [-0.4, -0.2) is 52.9 Å². The third-order valence-corrected chi connectivity index (χ3v) is 3.98. The molecular weight excluding hydrogens is 304 g/mol. The Labute approximate surface area is 131 Å². The van der Waals surface area contributed by atoms with E-state index in [1.165, 1.54) is 4.90 Å². The van der Waals surface area contributed by atoms with E-state index in [-0.39, 0.29) is 12.5 Å². The van der Waals surface area contributed by atoms with Crippen LogP contribution in [0.1, 0.15) is 0 Å². The molecule has 7 nitrogen and oxygen atoms in total. The molecule has 22 heavy (non-hydrogen) atoms. The number of hydrogen-bond acceptors (Lipinski definition) is 5. The van der Waals surface area contributed by atoms with Crippen LogP contribution >= 0.6 is 11.3 Å². The molecule has 1 N–H and O–H groups in total. The molecule has 0 bridgehead atoms. The molecule has 1 fully saturated rings. The van der Waals surface area contributed by atoms with Crippen LogP contribution in [0.4, 0.5) is 4.79 Å². The quantitative estimate of drug-likeness (QED) is 0.867. The molecule has 0 spiro atoms. The van der Waals surface area contributed by atoms with Gasteiger partial charge in [-0.25, -0.2) is 4.79 Å². The van der Waals surface area contributed by atoms with Gasteiger partial charge in [0.05, 0.1) is 18.8 Å². The van der Waals surface area contributed by atoms with E-state index in [1.807, 2.05) is 29.1 Å². The van der Waals surface area contributed by atoms with E-state index in [0.717, 1.165) is 11.3 Å². The maximum Gasteiger partial charge on any atom is 0.410 e. The Hall–Kier alpha value is -2.35. The molecule has 0 aliphatic carbocycles. The Morgan fingerprint density at radius 2 is 2.36 bits per heavy atom. The maximum atomic E-state index is 11.7. The van der Waals surface area contributed by atoms with Crippen molar-refractivity contribution in [3.05, 3.63) is 29.1 Å². The molecule has 0 radical (unpaired) electrons. The van der Waals surface area contributed by atoms with Crippen molar-refractivity contribution in [2.75, 3.05) is 26.2 Å². The van der Waals surface area contributed by atoms with Gasteiger partial charge in [0.2, 0.25) is 5.91 Å². The number of cyclic esters (lactones) is 1. The van der Waals surface area contributed by atoms with Gasteiger partial charge in [-0.15, -0.1) is 0 Å². The van der Waals surface area contributed by atoms with Gasteiger partial charge in [0.15, 0.2) is 0 Å². The minimum atomic E-state index is -0.428. The fourth-order valence-corrected chi connectivity index (χ4v) is 2.81. The molecular formula is C14H16N4O3S. The third-order valence-electron chi connectivity index (χ3n) is 3.30. The van der Waals surface area contributed by atoms with Crippen LogP contribution < -0.4 is 5.32 Å². The average Bonchev–Trinajstić information content (AvgIpc) is 3.21. The predicted molar refractivity (Wildman–Crippen MR) is 81.5 cm³/mol. The summed E-state index contributed by atoms with van der Waals surface area (Å²) < 4.78 is 6.56. The van der Waals surface area contributed by atoms with Crippen molar-refractivity contribution < 1.29 is 14.3 Å². The van der Waals surface area contributed by atoms with E-state index in [9.17, 15) is 9.59 Å². The van der Waals surface area contributed by atoms with E-state index in [1.54, 1.807) is 16.0 Å². The van der Waals surface area contributed by atoms with E-state index in [4.69, 9.17) is 4.74 Å². The Kier molecular flexibility index (Phi) is 4.38. The summed E-state index contributed by atoms with van der Waals surface area (Å²) in [4.78, 5) is 24.4. The lowest BCUT2D eigenvalue weighted by atomic mass is 10.2. The molecule has 3 rings (SSSR count). The van der Waals surface area contributed by atoms with Crippen LogP contribution in [0.2, 0.25) is 0 Å². The molecule has 1 aliphatic rings. The van der Waals surface area contributed by atoms with Gasteiger partial charge in [0.1, 0.15) is 13.2 Å². The Bertz CT molecular complexity index is 653. The van der Waals surface area contributed by atoms with Crippen molar-refractivity contribution in [3.8, 4) is 11.3 Å². The normalized spacial score (nSPS) is 14.2. The van der Waals surface area contributed by atoms with Gasteiger partial charge in [-0.2, -0.15) is 16.4 Å². The molecule has 1 saturated heterocycles. The number of nitrogens with zero attached hydrogens (tertiary/aromatic N) is 3. The van der Waals surface area contributed by atoms with Crippen molar-refractivity contribution in [2.24, 2.45) is 0 Å². The molecule has 8 heteroatoms. The van der Waals surface area contributed by atoms with Crippen molar-refractivity contribution in [3.63, 3.8) is 0 Å². The summed E-state index contributed by atoms with van der Waals surface area (Å²) in [6, 6.07) is 3.97. The van der Waals surface area contributed by atoms with Gasteiger partial charge >= 0.3 is 6.09 Å². The number of carbonyl (C=O) groups is 2. The Morgan fingerprint density at radius 3 is 3.09 bits per heavy atom. The molecule has 3 heterocycles. The highest BCUT2D eigenvalue weighted by molar-refractivity contribution is 7.08. The second-order valence-corrected chi connectivity index (χ2v) is 5.64. The lowest BCUT2D eigenvalue weighted by Gasteiger charge is -2.12. The first-order valence-electron chi connectivity index (χ1n) is 6.97. The number of carbonyl (C=O) groups excluding carboxylic acids is 2. The Balaban J connectivity index is 1.43. The zero-order chi connectivity index (χ0) is 15.4. The summed E-state index contributed by atoms with van der Waals surface area (Å²) in [5.74, 6) is -0.191. The summed E-state index contributed by atoms with van der Waals surface area (Å²) in [6.45, 7) is 1.91. The monoisotopic (exact) mass is 320 g/mol. The zero-order valence-electron chi connectivity index (χ0n) is 11.9. The summed E-state index contributed by atoms with van der Waals surface area (Å²) in [5, 5.41) is 11.3. The first-order valence-corrected chi connectivity index (χ1v) is 7.91. The predicted octanol–water partition coefficient (Wildman–Crippen LogP) is 1.18. The third kappa shape index (κ3) is 3.45. The molecule has 0 atom stereocenters. The number of aromatic nitrogens is 2. The van der Waals surface area contributed by atoms with E-state index < -0.39 is 6.09 Å². The minimum absolute atomic E-state index is 0.0398. The molecule has 1 aliphatic heterocycles. The molecule has 2 amide bonds. The Morgan fingerprint density at radius 1 is 1.45 bits per heavy atom. The van der Waals surface area contributed by atoms with Gasteiger partial charge < -0.3 is 10.1 Å². The zero-order valence-corrected chi connectivity index (χ0v) is 12.7. The number of ether oxygens (including phenoxy) is 1. The molecule has 0 aromatic carbocycles. The number of hydrogen-bond donors (Lipinski definition) is 1. The van der Waals surface area contributed by atoms with Crippen LogP contribution in [0.5, 0.6) is 0 Å². The largest absolute Gasteiger partial charge is 0.448 e. The van der Waals surface area contributed by atoms with Crippen LogP contribution in [0.25, 0.3) is 11.3 Å². The van der Waals surface area contributed by atoms with Crippen LogP contribution in [0.3, 0.4) is 0 Å². The highest BCUT2D eigenvalue weighted by Gasteiger charge is 2.23. The summed E-state index contributed by atoms with van der Waals surface area (Å²) in [5.41, 5.74) is 2.02. The topological polar surface area (TPSA) is 76.5 Å². The van der Waals surface area contributed by atoms with E-state index in [2.05, 4.69) is 10.4 Å².